The van der Waals surface area contributed by atoms with Gasteiger partial charge in [0.2, 0.25) is 5.13 Å². The van der Waals surface area contributed by atoms with E-state index in [9.17, 15) is 4.79 Å². The van der Waals surface area contributed by atoms with E-state index in [1.165, 1.54) is 23.1 Å². The Hall–Kier alpha value is -2.84. The van der Waals surface area contributed by atoms with Crippen molar-refractivity contribution < 1.29 is 9.21 Å². The molecule has 5 rings (SSSR count). The molecular formula is C25H17Cl2N3O2S2. The highest BCUT2D eigenvalue weighted by atomic mass is 35.5. The summed E-state index contributed by atoms with van der Waals surface area (Å²) in [5.41, 5.74) is 2.70. The molecule has 1 aliphatic rings. The minimum Gasteiger partial charge on any atom is -0.457 e. The van der Waals surface area contributed by atoms with E-state index >= 15 is 0 Å². The molecule has 2 aromatic heterocycles. The fraction of sp³-hybridized carbons (Fsp3) is 0.0800. The molecule has 0 N–H and O–H groups in total. The van der Waals surface area contributed by atoms with Crippen LogP contribution < -0.4 is 0 Å². The minimum atomic E-state index is -0.112. The predicted octanol–water partition coefficient (Wildman–Crippen LogP) is 8.00. The molecule has 0 bridgehead atoms. The number of benzene rings is 2. The van der Waals surface area contributed by atoms with Crippen LogP contribution in [0.15, 0.2) is 80.4 Å². The Morgan fingerprint density at radius 2 is 1.88 bits per heavy atom. The smallest absolute Gasteiger partial charge is 0.266 e. The number of thioether (sulfide) groups is 1. The quantitative estimate of drug-likeness (QED) is 0.247. The second kappa shape index (κ2) is 9.80. The summed E-state index contributed by atoms with van der Waals surface area (Å²) in [5.74, 6) is 1.09. The molecule has 9 heteroatoms. The van der Waals surface area contributed by atoms with Crippen LogP contribution in [0.25, 0.3) is 28.7 Å². The van der Waals surface area contributed by atoms with Crippen LogP contribution in [0.3, 0.4) is 0 Å². The van der Waals surface area contributed by atoms with Gasteiger partial charge in [0.15, 0.2) is 5.17 Å². The van der Waals surface area contributed by atoms with Crippen LogP contribution >= 0.6 is 46.3 Å². The highest BCUT2D eigenvalue weighted by Gasteiger charge is 2.32. The van der Waals surface area contributed by atoms with Gasteiger partial charge in [0.1, 0.15) is 11.5 Å². The van der Waals surface area contributed by atoms with Crippen molar-refractivity contribution in [2.75, 3.05) is 6.54 Å². The van der Waals surface area contributed by atoms with Gasteiger partial charge < -0.3 is 4.42 Å². The van der Waals surface area contributed by atoms with Gasteiger partial charge >= 0.3 is 0 Å². The second-order valence-electron chi connectivity index (χ2n) is 7.27. The monoisotopic (exact) mass is 525 g/mol. The number of hydrogen-bond donors (Lipinski definition) is 0. The number of carbonyl (C=O) groups is 1. The Morgan fingerprint density at radius 3 is 2.65 bits per heavy atom. The topological polar surface area (TPSA) is 58.7 Å². The molecule has 1 amide bonds. The summed E-state index contributed by atoms with van der Waals surface area (Å²) in [6, 6.07) is 18.9. The number of amides is 1. The molecule has 1 saturated heterocycles. The number of aromatic nitrogens is 1. The summed E-state index contributed by atoms with van der Waals surface area (Å²) in [6.45, 7) is 2.43. The number of furan rings is 1. The van der Waals surface area contributed by atoms with Crippen molar-refractivity contribution in [1.29, 1.82) is 0 Å². The molecule has 1 fully saturated rings. The number of hydrogen-bond acceptors (Lipinski definition) is 6. The number of halogens is 2. The molecule has 0 saturated carbocycles. The molecule has 0 atom stereocenters. The number of aliphatic imine (C=N–C) groups is 1. The normalized spacial score (nSPS) is 16.2. The minimum absolute atomic E-state index is 0.112. The number of rotatable bonds is 5. The lowest BCUT2D eigenvalue weighted by atomic mass is 10.2. The fourth-order valence-electron chi connectivity index (χ4n) is 3.37. The van der Waals surface area contributed by atoms with Crippen LogP contribution in [0.2, 0.25) is 10.0 Å². The maximum atomic E-state index is 13.0. The summed E-state index contributed by atoms with van der Waals surface area (Å²) in [5, 5.41) is 4.11. The van der Waals surface area contributed by atoms with Crippen molar-refractivity contribution in [1.82, 2.24) is 9.88 Å². The Balaban J connectivity index is 1.39. The summed E-state index contributed by atoms with van der Waals surface area (Å²) in [4.78, 5) is 24.5. The number of amidine groups is 1. The van der Waals surface area contributed by atoms with Crippen molar-refractivity contribution >= 4 is 68.6 Å². The summed E-state index contributed by atoms with van der Waals surface area (Å²) < 4.78 is 5.94. The SMILES string of the molecule is CCN1C(=O)/C(=C\c2ccc(-c3ccc(Cl)c(Cl)c3)o2)S/C1=N/c1nc(-c2ccccc2)cs1. The maximum absolute atomic E-state index is 13.0. The summed E-state index contributed by atoms with van der Waals surface area (Å²) >= 11 is 14.9. The Labute approximate surface area is 214 Å². The lowest BCUT2D eigenvalue weighted by molar-refractivity contribution is -0.122. The van der Waals surface area contributed by atoms with Crippen LogP contribution in [0.4, 0.5) is 5.13 Å². The molecular weight excluding hydrogens is 509 g/mol. The molecule has 0 aliphatic carbocycles. The number of likely N-dealkylation sites (N-methyl/N-ethyl adjacent to an activating group) is 1. The molecule has 1 aliphatic heterocycles. The maximum Gasteiger partial charge on any atom is 0.266 e. The highest BCUT2D eigenvalue weighted by Crippen LogP contribution is 2.36. The molecule has 5 nitrogen and oxygen atoms in total. The summed E-state index contributed by atoms with van der Waals surface area (Å²) in [7, 11) is 0. The van der Waals surface area contributed by atoms with Gasteiger partial charge in [0, 0.05) is 29.1 Å². The molecule has 4 aromatic rings. The number of nitrogens with zero attached hydrogens (tertiary/aromatic N) is 3. The van der Waals surface area contributed by atoms with Crippen molar-refractivity contribution in [2.24, 2.45) is 4.99 Å². The van der Waals surface area contributed by atoms with Crippen LogP contribution in [0.5, 0.6) is 0 Å². The zero-order chi connectivity index (χ0) is 23.7. The predicted molar refractivity (Wildman–Crippen MR) is 142 cm³/mol. The van der Waals surface area contributed by atoms with Gasteiger partial charge in [-0.2, -0.15) is 4.99 Å². The van der Waals surface area contributed by atoms with Crippen molar-refractivity contribution in [3.63, 3.8) is 0 Å². The van der Waals surface area contributed by atoms with E-state index in [2.05, 4.69) is 9.98 Å². The van der Waals surface area contributed by atoms with Crippen LogP contribution in [0.1, 0.15) is 12.7 Å². The zero-order valence-corrected chi connectivity index (χ0v) is 21.0. The van der Waals surface area contributed by atoms with Crippen molar-refractivity contribution in [3.05, 3.63) is 86.8 Å². The first kappa shape index (κ1) is 22.9. The van der Waals surface area contributed by atoms with Gasteiger partial charge in [-0.3, -0.25) is 9.69 Å². The highest BCUT2D eigenvalue weighted by molar-refractivity contribution is 8.18. The van der Waals surface area contributed by atoms with Crippen molar-refractivity contribution in [3.8, 4) is 22.6 Å². The van der Waals surface area contributed by atoms with E-state index in [1.807, 2.05) is 60.8 Å². The third kappa shape index (κ3) is 4.70. The van der Waals surface area contributed by atoms with Crippen LogP contribution in [0, 0.1) is 0 Å². The summed E-state index contributed by atoms with van der Waals surface area (Å²) in [6.07, 6.45) is 1.73. The second-order valence-corrected chi connectivity index (χ2v) is 9.93. The Morgan fingerprint density at radius 1 is 1.06 bits per heavy atom. The standard InChI is InChI=1S/C25H17Cl2N3O2S2/c1-2-30-23(31)22(13-17-9-11-21(32-17)16-8-10-18(26)19(27)12-16)34-25(30)29-24-28-20(14-33-24)15-6-4-3-5-7-15/h3-14H,2H2,1H3/b22-13+,29-25+. The van der Waals surface area contributed by atoms with E-state index in [-0.39, 0.29) is 5.91 Å². The zero-order valence-electron chi connectivity index (χ0n) is 17.9. The molecule has 3 heterocycles. The molecule has 0 spiro atoms. The molecule has 170 valence electrons. The first-order chi connectivity index (χ1) is 16.5. The fourth-order valence-corrected chi connectivity index (χ4v) is 5.45. The van der Waals surface area contributed by atoms with Gasteiger partial charge in [-0.15, -0.1) is 11.3 Å². The van der Waals surface area contributed by atoms with Crippen LogP contribution in [-0.2, 0) is 4.79 Å². The number of thiazole rings is 1. The first-order valence-corrected chi connectivity index (χ1v) is 12.8. The van der Waals surface area contributed by atoms with E-state index in [0.717, 1.165) is 16.8 Å². The largest absolute Gasteiger partial charge is 0.457 e. The molecule has 0 unspecified atom stereocenters. The van der Waals surface area contributed by atoms with Gasteiger partial charge in [0.05, 0.1) is 20.6 Å². The van der Waals surface area contributed by atoms with Crippen LogP contribution in [-0.4, -0.2) is 27.5 Å². The van der Waals surface area contributed by atoms with Gasteiger partial charge in [0.25, 0.3) is 5.91 Å². The molecule has 0 radical (unpaired) electrons. The third-order valence-electron chi connectivity index (χ3n) is 5.06. The Kier molecular flexibility index (Phi) is 6.61. The third-order valence-corrected chi connectivity index (χ3v) is 7.54. The van der Waals surface area contributed by atoms with E-state index in [0.29, 0.717) is 43.3 Å². The lowest BCUT2D eigenvalue weighted by Crippen LogP contribution is -2.28. The average Bonchev–Trinajstić information content (AvgIpc) is 3.57. The van der Waals surface area contributed by atoms with Gasteiger partial charge in [-0.05, 0) is 49.0 Å². The van der Waals surface area contributed by atoms with Crippen molar-refractivity contribution in [2.45, 2.75) is 6.92 Å². The molecule has 2 aromatic carbocycles. The van der Waals surface area contributed by atoms with Gasteiger partial charge in [-0.1, -0.05) is 53.5 Å². The average molecular weight is 526 g/mol. The Bertz CT molecular complexity index is 1430. The van der Waals surface area contributed by atoms with E-state index in [4.69, 9.17) is 27.6 Å². The van der Waals surface area contributed by atoms with Gasteiger partial charge in [-0.25, -0.2) is 4.98 Å². The lowest BCUT2D eigenvalue weighted by Gasteiger charge is -2.11. The number of carbonyl (C=O) groups excluding carboxylic acids is 1. The van der Waals surface area contributed by atoms with E-state index < -0.39 is 0 Å². The molecule has 34 heavy (non-hydrogen) atoms. The van der Waals surface area contributed by atoms with E-state index in [1.54, 1.807) is 23.1 Å². The first-order valence-electron chi connectivity index (χ1n) is 10.4.